The monoisotopic (exact) mass is 359 g/mol. The molecule has 0 atom stereocenters. The van der Waals surface area contributed by atoms with Crippen LogP contribution in [-0.4, -0.2) is 23.5 Å². The first-order chi connectivity index (χ1) is 9.42. The minimum Gasteiger partial charge on any atom is -0.481 e. The Morgan fingerprint density at radius 2 is 2.10 bits per heavy atom. The topological polar surface area (TPSA) is 66.4 Å². The van der Waals surface area contributed by atoms with Crippen LogP contribution < -0.4 is 5.32 Å². The van der Waals surface area contributed by atoms with Crippen LogP contribution in [-0.2, 0) is 4.79 Å². The molecule has 0 saturated heterocycles. The van der Waals surface area contributed by atoms with Crippen LogP contribution in [0.2, 0.25) is 5.02 Å². The third-order valence-electron chi connectivity index (χ3n) is 3.74. The fourth-order valence-corrected chi connectivity index (χ4v) is 3.31. The van der Waals surface area contributed by atoms with Crippen LogP contribution in [0.25, 0.3) is 0 Å². The quantitative estimate of drug-likeness (QED) is 0.845. The summed E-state index contributed by atoms with van der Waals surface area (Å²) in [5, 5.41) is 12.3. The highest BCUT2D eigenvalue weighted by molar-refractivity contribution is 9.10. The maximum absolute atomic E-state index is 12.1. The minimum atomic E-state index is -0.813. The number of carboxylic acids is 1. The van der Waals surface area contributed by atoms with Crippen LogP contribution in [0.1, 0.15) is 36.0 Å². The lowest BCUT2D eigenvalue weighted by atomic mass is 9.66. The zero-order chi connectivity index (χ0) is 14.8. The van der Waals surface area contributed by atoms with Gasteiger partial charge in [0.05, 0.1) is 12.0 Å². The Morgan fingerprint density at radius 3 is 2.60 bits per heavy atom. The molecule has 0 aromatic heterocycles. The Bertz CT molecular complexity index is 543. The van der Waals surface area contributed by atoms with E-state index in [0.717, 1.165) is 19.3 Å². The molecule has 1 fully saturated rings. The number of carbonyl (C=O) groups is 2. The summed E-state index contributed by atoms with van der Waals surface area (Å²) in [6.07, 6.45) is 2.82. The Labute approximate surface area is 130 Å². The fraction of sp³-hybridized carbons (Fsp3) is 0.429. The Morgan fingerprint density at radius 1 is 1.40 bits per heavy atom. The normalized spacial score (nSPS) is 16.3. The number of carboxylic acid groups (broad SMARTS) is 1. The van der Waals surface area contributed by atoms with Crippen molar-refractivity contribution in [2.75, 3.05) is 6.54 Å². The van der Waals surface area contributed by atoms with Gasteiger partial charge in [-0.2, -0.15) is 0 Å². The molecule has 4 nitrogen and oxygen atoms in total. The van der Waals surface area contributed by atoms with Gasteiger partial charge in [-0.3, -0.25) is 9.59 Å². The SMILES string of the molecule is O=C(O)CC1(CNC(=O)c2ccc(Cl)cc2Br)CCC1. The zero-order valence-corrected chi connectivity index (χ0v) is 13.1. The number of hydrogen-bond donors (Lipinski definition) is 2. The van der Waals surface area contributed by atoms with Gasteiger partial charge in [0.15, 0.2) is 0 Å². The van der Waals surface area contributed by atoms with Gasteiger partial charge in [-0.25, -0.2) is 0 Å². The van der Waals surface area contributed by atoms with Gasteiger partial charge in [-0.05, 0) is 52.4 Å². The average molecular weight is 361 g/mol. The third kappa shape index (κ3) is 3.52. The van der Waals surface area contributed by atoms with Crippen LogP contribution in [0.5, 0.6) is 0 Å². The number of benzene rings is 1. The molecule has 20 heavy (non-hydrogen) atoms. The average Bonchev–Trinajstić information content (AvgIpc) is 2.31. The molecule has 2 rings (SSSR count). The van der Waals surface area contributed by atoms with Crippen molar-refractivity contribution >= 4 is 39.4 Å². The molecule has 1 aliphatic rings. The number of carbonyl (C=O) groups excluding carboxylic acids is 1. The maximum atomic E-state index is 12.1. The van der Waals surface area contributed by atoms with Crippen LogP contribution in [0, 0.1) is 5.41 Å². The van der Waals surface area contributed by atoms with Crippen molar-refractivity contribution in [3.05, 3.63) is 33.3 Å². The Kier molecular flexibility index (Phi) is 4.70. The number of rotatable bonds is 5. The summed E-state index contributed by atoms with van der Waals surface area (Å²) in [6.45, 7) is 0.396. The second-order valence-electron chi connectivity index (χ2n) is 5.23. The van der Waals surface area contributed by atoms with Crippen molar-refractivity contribution in [1.29, 1.82) is 0 Å². The third-order valence-corrected chi connectivity index (χ3v) is 4.63. The summed E-state index contributed by atoms with van der Waals surface area (Å²) in [6, 6.07) is 4.96. The Balaban J connectivity index is 1.99. The molecule has 1 aromatic rings. The molecule has 1 aliphatic carbocycles. The zero-order valence-electron chi connectivity index (χ0n) is 10.8. The van der Waals surface area contributed by atoms with E-state index in [1.165, 1.54) is 0 Å². The molecule has 0 bridgehead atoms. The molecule has 0 aliphatic heterocycles. The van der Waals surface area contributed by atoms with Crippen molar-refractivity contribution in [2.45, 2.75) is 25.7 Å². The molecule has 6 heteroatoms. The van der Waals surface area contributed by atoms with Crippen molar-refractivity contribution in [3.8, 4) is 0 Å². The van der Waals surface area contributed by atoms with Crippen LogP contribution in [0.3, 0.4) is 0 Å². The summed E-state index contributed by atoms with van der Waals surface area (Å²) >= 11 is 9.13. The summed E-state index contributed by atoms with van der Waals surface area (Å²) in [4.78, 5) is 23.0. The molecular weight excluding hydrogens is 346 g/mol. The molecule has 0 radical (unpaired) electrons. The first-order valence-electron chi connectivity index (χ1n) is 6.37. The maximum Gasteiger partial charge on any atom is 0.303 e. The molecule has 0 unspecified atom stereocenters. The second-order valence-corrected chi connectivity index (χ2v) is 6.52. The standard InChI is InChI=1S/C14H15BrClNO3/c15-11-6-9(16)2-3-10(11)13(20)17-8-14(4-1-5-14)7-12(18)19/h2-3,6H,1,4-5,7-8H2,(H,17,20)(H,18,19). The molecule has 0 spiro atoms. The molecule has 1 amide bonds. The van der Waals surface area contributed by atoms with Gasteiger partial charge in [-0.15, -0.1) is 0 Å². The van der Waals surface area contributed by atoms with Gasteiger partial charge >= 0.3 is 5.97 Å². The minimum absolute atomic E-state index is 0.106. The van der Waals surface area contributed by atoms with Gasteiger partial charge in [0.25, 0.3) is 5.91 Å². The first kappa shape index (κ1) is 15.3. The van der Waals surface area contributed by atoms with E-state index in [2.05, 4.69) is 21.2 Å². The van der Waals surface area contributed by atoms with Crippen molar-refractivity contribution in [3.63, 3.8) is 0 Å². The molecule has 2 N–H and O–H groups in total. The van der Waals surface area contributed by atoms with Crippen molar-refractivity contribution in [1.82, 2.24) is 5.32 Å². The van der Waals surface area contributed by atoms with Crippen LogP contribution in [0.15, 0.2) is 22.7 Å². The lowest BCUT2D eigenvalue weighted by Gasteiger charge is -2.40. The molecule has 1 aromatic carbocycles. The molecule has 108 valence electrons. The van der Waals surface area contributed by atoms with Crippen LogP contribution in [0.4, 0.5) is 0 Å². The summed E-state index contributed by atoms with van der Waals surface area (Å²) < 4.78 is 0.628. The number of amides is 1. The van der Waals surface area contributed by atoms with E-state index in [9.17, 15) is 9.59 Å². The van der Waals surface area contributed by atoms with E-state index in [4.69, 9.17) is 16.7 Å². The van der Waals surface area contributed by atoms with E-state index in [0.29, 0.717) is 21.6 Å². The summed E-state index contributed by atoms with van der Waals surface area (Å²) in [5.41, 5.74) is 0.222. The summed E-state index contributed by atoms with van der Waals surface area (Å²) in [7, 11) is 0. The van der Waals surface area contributed by atoms with Gasteiger partial charge in [0.2, 0.25) is 0 Å². The Hall–Kier alpha value is -1.07. The molecule has 1 saturated carbocycles. The number of halogens is 2. The van der Waals surface area contributed by atoms with E-state index in [-0.39, 0.29) is 17.7 Å². The lowest BCUT2D eigenvalue weighted by Crippen LogP contribution is -2.43. The van der Waals surface area contributed by atoms with Crippen LogP contribution >= 0.6 is 27.5 Å². The van der Waals surface area contributed by atoms with Gasteiger partial charge in [0.1, 0.15) is 0 Å². The summed E-state index contributed by atoms with van der Waals surface area (Å²) in [5.74, 6) is -1.03. The molecular formula is C14H15BrClNO3. The van der Waals surface area contributed by atoms with Gasteiger partial charge in [-0.1, -0.05) is 18.0 Å². The fourth-order valence-electron chi connectivity index (χ4n) is 2.45. The van der Waals surface area contributed by atoms with Crippen molar-refractivity contribution in [2.24, 2.45) is 5.41 Å². The van der Waals surface area contributed by atoms with E-state index in [1.54, 1.807) is 18.2 Å². The highest BCUT2D eigenvalue weighted by atomic mass is 79.9. The lowest BCUT2D eigenvalue weighted by molar-refractivity contribution is -0.141. The number of nitrogens with one attached hydrogen (secondary N) is 1. The highest BCUT2D eigenvalue weighted by Crippen LogP contribution is 2.43. The van der Waals surface area contributed by atoms with E-state index in [1.807, 2.05) is 0 Å². The van der Waals surface area contributed by atoms with E-state index < -0.39 is 5.97 Å². The van der Waals surface area contributed by atoms with Gasteiger partial charge in [0, 0.05) is 16.0 Å². The second kappa shape index (κ2) is 6.14. The van der Waals surface area contributed by atoms with Crippen molar-refractivity contribution < 1.29 is 14.7 Å². The predicted molar refractivity (Wildman–Crippen MR) is 80.0 cm³/mol. The highest BCUT2D eigenvalue weighted by Gasteiger charge is 2.39. The number of hydrogen-bond acceptors (Lipinski definition) is 2. The first-order valence-corrected chi connectivity index (χ1v) is 7.54. The van der Waals surface area contributed by atoms with E-state index >= 15 is 0 Å². The smallest absolute Gasteiger partial charge is 0.303 e. The molecule has 0 heterocycles. The predicted octanol–water partition coefficient (Wildman–Crippen LogP) is 3.48. The largest absolute Gasteiger partial charge is 0.481 e. The number of aliphatic carboxylic acids is 1. The van der Waals surface area contributed by atoms with Gasteiger partial charge < -0.3 is 10.4 Å².